The molecule has 0 saturated heterocycles. The van der Waals surface area contributed by atoms with Crippen LogP contribution in [-0.4, -0.2) is 30.6 Å². The molecule has 0 bridgehead atoms. The monoisotopic (exact) mass is 399 g/mol. The van der Waals surface area contributed by atoms with E-state index in [9.17, 15) is 9.59 Å². The Morgan fingerprint density at radius 2 is 1.82 bits per heavy atom. The standard InChI is InChI=1S/C21H25N3O3S/c1-14(2)13-27-18-6-4-5-16(12-18)20(26)24-21(28)23-17-9-7-15(8-10-17)11-19(25)22-3/h4-10,12,14H,11,13H2,1-3H3,(H,22,25)(H2,23,24,26,28). The predicted molar refractivity (Wildman–Crippen MR) is 115 cm³/mol. The first kappa shape index (κ1) is 21.4. The van der Waals surface area contributed by atoms with E-state index in [4.69, 9.17) is 17.0 Å². The Balaban J connectivity index is 1.91. The van der Waals surface area contributed by atoms with E-state index in [-0.39, 0.29) is 16.9 Å². The van der Waals surface area contributed by atoms with Gasteiger partial charge in [0.05, 0.1) is 13.0 Å². The number of nitrogens with one attached hydrogen (secondary N) is 3. The van der Waals surface area contributed by atoms with Gasteiger partial charge in [-0.25, -0.2) is 0 Å². The normalized spacial score (nSPS) is 10.3. The Hall–Kier alpha value is -2.93. The topological polar surface area (TPSA) is 79.5 Å². The zero-order valence-corrected chi connectivity index (χ0v) is 17.1. The van der Waals surface area contributed by atoms with E-state index in [1.807, 2.05) is 18.2 Å². The number of amides is 2. The van der Waals surface area contributed by atoms with Gasteiger partial charge in [-0.15, -0.1) is 0 Å². The van der Waals surface area contributed by atoms with Gasteiger partial charge in [0.1, 0.15) is 5.75 Å². The molecule has 0 unspecified atom stereocenters. The van der Waals surface area contributed by atoms with Crippen LogP contribution in [0.1, 0.15) is 29.8 Å². The van der Waals surface area contributed by atoms with Gasteiger partial charge in [-0.2, -0.15) is 0 Å². The Morgan fingerprint density at radius 1 is 1.11 bits per heavy atom. The molecule has 6 nitrogen and oxygen atoms in total. The molecule has 0 aliphatic carbocycles. The number of carbonyl (C=O) groups is 2. The van der Waals surface area contributed by atoms with Crippen LogP contribution in [0.5, 0.6) is 5.75 Å². The summed E-state index contributed by atoms with van der Waals surface area (Å²) < 4.78 is 5.65. The molecule has 2 rings (SSSR count). The highest BCUT2D eigenvalue weighted by molar-refractivity contribution is 7.80. The third-order valence-electron chi connectivity index (χ3n) is 3.76. The fraction of sp³-hybridized carbons (Fsp3) is 0.286. The van der Waals surface area contributed by atoms with E-state index in [1.54, 1.807) is 37.4 Å². The predicted octanol–water partition coefficient (Wildman–Crippen LogP) is 3.14. The lowest BCUT2D eigenvalue weighted by Gasteiger charge is -2.12. The maximum Gasteiger partial charge on any atom is 0.257 e. The number of anilines is 1. The summed E-state index contributed by atoms with van der Waals surface area (Å²) in [5.41, 5.74) is 2.07. The summed E-state index contributed by atoms with van der Waals surface area (Å²) in [6.07, 6.45) is 0.313. The van der Waals surface area contributed by atoms with Crippen LogP contribution in [0.2, 0.25) is 0 Å². The SMILES string of the molecule is CNC(=O)Cc1ccc(NC(=S)NC(=O)c2cccc(OCC(C)C)c2)cc1. The van der Waals surface area contributed by atoms with E-state index in [0.717, 1.165) is 11.3 Å². The van der Waals surface area contributed by atoms with Gasteiger partial charge in [0.25, 0.3) is 5.91 Å². The molecule has 2 aromatic rings. The lowest BCUT2D eigenvalue weighted by molar-refractivity contribution is -0.119. The highest BCUT2D eigenvalue weighted by Gasteiger charge is 2.10. The number of hydrogen-bond donors (Lipinski definition) is 3. The summed E-state index contributed by atoms with van der Waals surface area (Å²) in [7, 11) is 1.60. The first-order valence-electron chi connectivity index (χ1n) is 9.02. The first-order valence-corrected chi connectivity index (χ1v) is 9.43. The van der Waals surface area contributed by atoms with Crippen LogP contribution in [0.3, 0.4) is 0 Å². The number of carbonyl (C=O) groups excluding carboxylic acids is 2. The van der Waals surface area contributed by atoms with Gasteiger partial charge in [0, 0.05) is 18.3 Å². The van der Waals surface area contributed by atoms with E-state index in [2.05, 4.69) is 29.8 Å². The van der Waals surface area contributed by atoms with E-state index in [0.29, 0.717) is 30.3 Å². The van der Waals surface area contributed by atoms with E-state index < -0.39 is 0 Å². The molecule has 0 aromatic heterocycles. The van der Waals surface area contributed by atoms with Crippen LogP contribution < -0.4 is 20.7 Å². The largest absolute Gasteiger partial charge is 0.493 e. The van der Waals surface area contributed by atoms with E-state index in [1.165, 1.54) is 0 Å². The number of benzene rings is 2. The van der Waals surface area contributed by atoms with Crippen molar-refractivity contribution in [1.29, 1.82) is 0 Å². The molecule has 2 aromatic carbocycles. The van der Waals surface area contributed by atoms with Gasteiger partial charge in [-0.05, 0) is 54.0 Å². The van der Waals surface area contributed by atoms with Crippen LogP contribution in [0.15, 0.2) is 48.5 Å². The van der Waals surface area contributed by atoms with Crippen molar-refractivity contribution in [3.63, 3.8) is 0 Å². The fourth-order valence-corrected chi connectivity index (χ4v) is 2.52. The van der Waals surface area contributed by atoms with Crippen molar-refractivity contribution in [1.82, 2.24) is 10.6 Å². The maximum atomic E-state index is 12.4. The Morgan fingerprint density at radius 3 is 2.46 bits per heavy atom. The van der Waals surface area contributed by atoms with Crippen molar-refractivity contribution in [2.45, 2.75) is 20.3 Å². The molecule has 0 spiro atoms. The molecule has 0 saturated carbocycles. The van der Waals surface area contributed by atoms with Gasteiger partial charge in [0.2, 0.25) is 5.91 Å². The minimum atomic E-state index is -0.316. The van der Waals surface area contributed by atoms with Crippen molar-refractivity contribution in [2.24, 2.45) is 5.92 Å². The summed E-state index contributed by atoms with van der Waals surface area (Å²) in [5.74, 6) is 0.677. The number of rotatable bonds is 7. The van der Waals surface area contributed by atoms with Gasteiger partial charge >= 0.3 is 0 Å². The molecule has 0 aliphatic rings. The second kappa shape index (κ2) is 10.4. The third kappa shape index (κ3) is 7.00. The molecular formula is C21H25N3O3S. The second-order valence-corrected chi connectivity index (χ2v) is 7.10. The number of likely N-dealkylation sites (N-methyl/N-ethyl adjacent to an activating group) is 1. The highest BCUT2D eigenvalue weighted by Crippen LogP contribution is 2.15. The van der Waals surface area contributed by atoms with Crippen LogP contribution in [-0.2, 0) is 11.2 Å². The summed E-state index contributed by atoms with van der Waals surface area (Å²) in [6, 6.07) is 14.2. The molecule has 0 heterocycles. The Bertz CT molecular complexity index is 835. The number of thiocarbonyl (C=S) groups is 1. The zero-order valence-electron chi connectivity index (χ0n) is 16.2. The molecule has 28 heavy (non-hydrogen) atoms. The van der Waals surface area contributed by atoms with E-state index >= 15 is 0 Å². The van der Waals surface area contributed by atoms with Gasteiger partial charge in [-0.1, -0.05) is 32.0 Å². The van der Waals surface area contributed by atoms with Crippen molar-refractivity contribution >= 4 is 34.8 Å². The Kier molecular flexibility index (Phi) is 7.95. The molecule has 7 heteroatoms. The van der Waals surface area contributed by atoms with Crippen LogP contribution in [0, 0.1) is 5.92 Å². The summed E-state index contributed by atoms with van der Waals surface area (Å²) in [6.45, 7) is 4.71. The van der Waals surface area contributed by atoms with Crippen molar-refractivity contribution < 1.29 is 14.3 Å². The first-order chi connectivity index (χ1) is 13.4. The average Bonchev–Trinajstić information content (AvgIpc) is 2.68. The molecular weight excluding hydrogens is 374 g/mol. The molecule has 0 aliphatic heterocycles. The van der Waals surface area contributed by atoms with Crippen molar-refractivity contribution in [3.8, 4) is 5.75 Å². The fourth-order valence-electron chi connectivity index (χ4n) is 2.31. The molecule has 148 valence electrons. The molecule has 2 amide bonds. The minimum absolute atomic E-state index is 0.0527. The number of ether oxygens (including phenoxy) is 1. The smallest absolute Gasteiger partial charge is 0.257 e. The minimum Gasteiger partial charge on any atom is -0.493 e. The highest BCUT2D eigenvalue weighted by atomic mass is 32.1. The second-order valence-electron chi connectivity index (χ2n) is 6.69. The lowest BCUT2D eigenvalue weighted by atomic mass is 10.1. The molecule has 3 N–H and O–H groups in total. The quantitative estimate of drug-likeness (QED) is 0.624. The van der Waals surface area contributed by atoms with Gasteiger partial charge in [0.15, 0.2) is 5.11 Å². The molecule has 0 atom stereocenters. The van der Waals surface area contributed by atoms with Crippen LogP contribution in [0.25, 0.3) is 0 Å². The average molecular weight is 400 g/mol. The summed E-state index contributed by atoms with van der Waals surface area (Å²) in [5, 5.41) is 8.39. The van der Waals surface area contributed by atoms with Crippen LogP contribution >= 0.6 is 12.2 Å². The summed E-state index contributed by atoms with van der Waals surface area (Å²) in [4.78, 5) is 23.8. The van der Waals surface area contributed by atoms with Gasteiger partial charge in [-0.3, -0.25) is 14.9 Å². The van der Waals surface area contributed by atoms with Crippen molar-refractivity contribution in [3.05, 3.63) is 59.7 Å². The third-order valence-corrected chi connectivity index (χ3v) is 3.97. The maximum absolute atomic E-state index is 12.4. The van der Waals surface area contributed by atoms with Gasteiger partial charge < -0.3 is 15.4 Å². The summed E-state index contributed by atoms with van der Waals surface area (Å²) >= 11 is 5.21. The zero-order chi connectivity index (χ0) is 20.5. The Labute approximate surface area is 170 Å². The van der Waals surface area contributed by atoms with Crippen LogP contribution in [0.4, 0.5) is 5.69 Å². The molecule has 0 fully saturated rings. The number of hydrogen-bond acceptors (Lipinski definition) is 4. The molecule has 0 radical (unpaired) electrons. The van der Waals surface area contributed by atoms with Crippen molar-refractivity contribution in [2.75, 3.05) is 19.0 Å². The lowest BCUT2D eigenvalue weighted by Crippen LogP contribution is -2.34.